The van der Waals surface area contributed by atoms with E-state index in [2.05, 4.69) is 13.6 Å². The molecular formula is C14H17N3O2S. The molecule has 0 N–H and O–H groups in total. The van der Waals surface area contributed by atoms with Crippen LogP contribution < -0.4 is 9.64 Å². The van der Waals surface area contributed by atoms with E-state index < -0.39 is 0 Å². The molecule has 6 heteroatoms. The number of ether oxygens (including phenoxy) is 2. The molecule has 2 aromatic rings. The Morgan fingerprint density at radius 1 is 1.15 bits per heavy atom. The summed E-state index contributed by atoms with van der Waals surface area (Å²) in [7, 11) is 0. The van der Waals surface area contributed by atoms with E-state index in [1.165, 1.54) is 11.7 Å². The van der Waals surface area contributed by atoms with Gasteiger partial charge in [-0.3, -0.25) is 0 Å². The lowest BCUT2D eigenvalue weighted by molar-refractivity contribution is 0.122. The van der Waals surface area contributed by atoms with Crippen LogP contribution in [-0.2, 0) is 4.74 Å². The number of para-hydroxylation sites is 1. The highest BCUT2D eigenvalue weighted by atomic mass is 32.1. The van der Waals surface area contributed by atoms with Gasteiger partial charge in [0, 0.05) is 13.1 Å². The van der Waals surface area contributed by atoms with Crippen molar-refractivity contribution in [3.8, 4) is 11.6 Å². The van der Waals surface area contributed by atoms with Crippen molar-refractivity contribution in [3.63, 3.8) is 0 Å². The van der Waals surface area contributed by atoms with E-state index in [4.69, 9.17) is 9.47 Å². The Kier molecular flexibility index (Phi) is 3.84. The third-order valence-electron chi connectivity index (χ3n) is 3.36. The third kappa shape index (κ3) is 2.62. The van der Waals surface area contributed by atoms with Crippen LogP contribution in [0.15, 0.2) is 18.2 Å². The topological polar surface area (TPSA) is 47.5 Å². The Morgan fingerprint density at radius 2 is 1.85 bits per heavy atom. The third-order valence-corrected chi connectivity index (χ3v) is 3.86. The molecule has 0 aliphatic carbocycles. The fourth-order valence-electron chi connectivity index (χ4n) is 2.27. The smallest absolute Gasteiger partial charge is 0.276 e. The number of aryl methyl sites for hydroxylation is 2. The minimum absolute atomic E-state index is 0.592. The standard InChI is InChI=1S/C14H17N3O2S/c1-10-4-3-5-11(2)12(10)19-14-13(15-20-16-14)17-6-8-18-9-7-17/h3-5H,6-9H2,1-2H3. The van der Waals surface area contributed by atoms with E-state index in [0.29, 0.717) is 5.88 Å². The van der Waals surface area contributed by atoms with E-state index in [0.717, 1.165) is 49.0 Å². The molecule has 2 heterocycles. The van der Waals surface area contributed by atoms with Crippen LogP contribution in [0.1, 0.15) is 11.1 Å². The molecule has 106 valence electrons. The van der Waals surface area contributed by atoms with Crippen LogP contribution >= 0.6 is 11.7 Å². The van der Waals surface area contributed by atoms with Crippen molar-refractivity contribution in [1.29, 1.82) is 0 Å². The number of hydrogen-bond donors (Lipinski definition) is 0. The van der Waals surface area contributed by atoms with Gasteiger partial charge in [0.05, 0.1) is 24.9 Å². The number of rotatable bonds is 3. The fraction of sp³-hybridized carbons (Fsp3) is 0.429. The van der Waals surface area contributed by atoms with Crippen LogP contribution in [0.2, 0.25) is 0 Å². The van der Waals surface area contributed by atoms with E-state index in [1.54, 1.807) is 0 Å². The van der Waals surface area contributed by atoms with Crippen LogP contribution in [0.5, 0.6) is 11.6 Å². The van der Waals surface area contributed by atoms with Gasteiger partial charge in [-0.1, -0.05) is 18.2 Å². The summed E-state index contributed by atoms with van der Waals surface area (Å²) < 4.78 is 20.1. The van der Waals surface area contributed by atoms with Crippen LogP contribution in [0.4, 0.5) is 5.82 Å². The van der Waals surface area contributed by atoms with Gasteiger partial charge in [-0.15, -0.1) is 4.37 Å². The molecule has 1 saturated heterocycles. The molecule has 1 aliphatic rings. The van der Waals surface area contributed by atoms with Crippen molar-refractivity contribution < 1.29 is 9.47 Å². The summed E-state index contributed by atoms with van der Waals surface area (Å²) in [6, 6.07) is 6.10. The maximum absolute atomic E-state index is 6.02. The summed E-state index contributed by atoms with van der Waals surface area (Å²) in [4.78, 5) is 2.16. The maximum atomic E-state index is 6.02. The molecule has 1 aliphatic heterocycles. The van der Waals surface area contributed by atoms with Gasteiger partial charge in [0.2, 0.25) is 5.82 Å². The number of morpholine rings is 1. The highest BCUT2D eigenvalue weighted by molar-refractivity contribution is 6.99. The first-order chi connectivity index (χ1) is 9.75. The Bertz CT molecular complexity index is 574. The normalized spacial score (nSPS) is 15.4. The molecule has 3 rings (SSSR count). The highest BCUT2D eigenvalue weighted by Gasteiger charge is 2.21. The second-order valence-corrected chi connectivity index (χ2v) is 5.34. The van der Waals surface area contributed by atoms with Gasteiger partial charge in [-0.2, -0.15) is 4.37 Å². The second kappa shape index (κ2) is 5.76. The lowest BCUT2D eigenvalue weighted by Crippen LogP contribution is -2.36. The molecular weight excluding hydrogens is 274 g/mol. The molecule has 0 unspecified atom stereocenters. The molecule has 1 aromatic carbocycles. The van der Waals surface area contributed by atoms with Gasteiger partial charge in [0.15, 0.2) is 0 Å². The highest BCUT2D eigenvalue weighted by Crippen LogP contribution is 2.33. The lowest BCUT2D eigenvalue weighted by atomic mass is 10.1. The minimum atomic E-state index is 0.592. The zero-order valence-electron chi connectivity index (χ0n) is 11.6. The Labute approximate surface area is 122 Å². The number of hydrogen-bond acceptors (Lipinski definition) is 6. The van der Waals surface area contributed by atoms with Crippen molar-refractivity contribution in [2.24, 2.45) is 0 Å². The number of nitrogens with zero attached hydrogens (tertiary/aromatic N) is 3. The van der Waals surface area contributed by atoms with Crippen LogP contribution in [0.25, 0.3) is 0 Å². The minimum Gasteiger partial charge on any atom is -0.435 e. The predicted molar refractivity (Wildman–Crippen MR) is 78.9 cm³/mol. The average molecular weight is 291 g/mol. The average Bonchev–Trinajstić information content (AvgIpc) is 2.92. The van der Waals surface area contributed by atoms with Gasteiger partial charge in [0.1, 0.15) is 5.75 Å². The van der Waals surface area contributed by atoms with Crippen LogP contribution in [0.3, 0.4) is 0 Å². The van der Waals surface area contributed by atoms with E-state index in [-0.39, 0.29) is 0 Å². The summed E-state index contributed by atoms with van der Waals surface area (Å²) in [5.74, 6) is 2.28. The first kappa shape index (κ1) is 13.3. The molecule has 0 bridgehead atoms. The summed E-state index contributed by atoms with van der Waals surface area (Å²) in [6.07, 6.45) is 0. The molecule has 1 aromatic heterocycles. The Balaban J connectivity index is 1.86. The SMILES string of the molecule is Cc1cccc(C)c1Oc1nsnc1N1CCOCC1. The predicted octanol–water partition coefficient (Wildman–Crippen LogP) is 2.78. The maximum Gasteiger partial charge on any atom is 0.276 e. The van der Waals surface area contributed by atoms with Crippen LogP contribution in [0, 0.1) is 13.8 Å². The van der Waals surface area contributed by atoms with Crippen LogP contribution in [-0.4, -0.2) is 35.1 Å². The van der Waals surface area contributed by atoms with Gasteiger partial charge < -0.3 is 14.4 Å². The first-order valence-corrected chi connectivity index (χ1v) is 7.38. The van der Waals surface area contributed by atoms with Crippen molar-refractivity contribution in [3.05, 3.63) is 29.3 Å². The Hall–Kier alpha value is -1.66. The molecule has 1 fully saturated rings. The molecule has 0 atom stereocenters. The summed E-state index contributed by atoms with van der Waals surface area (Å²) in [6.45, 7) is 7.18. The first-order valence-electron chi connectivity index (χ1n) is 6.65. The van der Waals surface area contributed by atoms with Crippen molar-refractivity contribution in [2.75, 3.05) is 31.2 Å². The zero-order valence-corrected chi connectivity index (χ0v) is 12.4. The fourth-order valence-corrected chi connectivity index (χ4v) is 2.77. The zero-order chi connectivity index (χ0) is 13.9. The summed E-state index contributed by atoms with van der Waals surface area (Å²) in [5, 5.41) is 0. The largest absolute Gasteiger partial charge is 0.435 e. The number of anilines is 1. The van der Waals surface area contributed by atoms with Gasteiger partial charge >= 0.3 is 0 Å². The molecule has 0 radical (unpaired) electrons. The number of aromatic nitrogens is 2. The van der Waals surface area contributed by atoms with E-state index in [9.17, 15) is 0 Å². The molecule has 20 heavy (non-hydrogen) atoms. The summed E-state index contributed by atoms with van der Waals surface area (Å²) >= 11 is 1.18. The van der Waals surface area contributed by atoms with Crippen molar-refractivity contribution in [2.45, 2.75) is 13.8 Å². The summed E-state index contributed by atoms with van der Waals surface area (Å²) in [5.41, 5.74) is 2.21. The monoisotopic (exact) mass is 291 g/mol. The molecule has 5 nitrogen and oxygen atoms in total. The van der Waals surface area contributed by atoms with Gasteiger partial charge in [0.25, 0.3) is 5.88 Å². The molecule has 0 spiro atoms. The van der Waals surface area contributed by atoms with Gasteiger partial charge in [-0.05, 0) is 25.0 Å². The van der Waals surface area contributed by atoms with Crippen molar-refractivity contribution in [1.82, 2.24) is 8.75 Å². The van der Waals surface area contributed by atoms with E-state index >= 15 is 0 Å². The quantitative estimate of drug-likeness (QED) is 0.870. The number of benzene rings is 1. The lowest BCUT2D eigenvalue weighted by Gasteiger charge is -2.26. The second-order valence-electron chi connectivity index (χ2n) is 4.82. The Morgan fingerprint density at radius 3 is 2.55 bits per heavy atom. The molecule has 0 saturated carbocycles. The van der Waals surface area contributed by atoms with Gasteiger partial charge in [-0.25, -0.2) is 0 Å². The van der Waals surface area contributed by atoms with E-state index in [1.807, 2.05) is 32.0 Å². The molecule has 0 amide bonds. The van der Waals surface area contributed by atoms with Crippen molar-refractivity contribution >= 4 is 17.5 Å².